The second-order valence-corrected chi connectivity index (χ2v) is 5.97. The van der Waals surface area contributed by atoms with Crippen LogP contribution in [0.1, 0.15) is 40.7 Å². The molecule has 2 aliphatic rings. The molecule has 1 heterocycles. The number of fused-ring (bicyclic) bond motifs is 1. The van der Waals surface area contributed by atoms with Crippen molar-refractivity contribution < 1.29 is 9.53 Å². The first-order valence-electron chi connectivity index (χ1n) is 6.95. The Balaban J connectivity index is 1.71. The zero-order valence-corrected chi connectivity index (χ0v) is 12.0. The first-order valence-corrected chi connectivity index (χ1v) is 7.35. The molecule has 0 bridgehead atoms. The van der Waals surface area contributed by atoms with Crippen LogP contribution in [0.4, 0.5) is 0 Å². The summed E-state index contributed by atoms with van der Waals surface area (Å²) in [7, 11) is 0. The van der Waals surface area contributed by atoms with Gasteiger partial charge in [-0.1, -0.05) is 24.7 Å². The highest BCUT2D eigenvalue weighted by Gasteiger charge is 2.30. The maximum Gasteiger partial charge on any atom is 0.251 e. The third-order valence-corrected chi connectivity index (χ3v) is 4.48. The topological polar surface area (TPSA) is 64.3 Å². The van der Waals surface area contributed by atoms with Gasteiger partial charge in [-0.3, -0.25) is 4.79 Å². The molecule has 3 rings (SSSR count). The number of rotatable bonds is 3. The molecule has 1 aromatic rings. The molecule has 0 radical (unpaired) electrons. The molecule has 0 aromatic heterocycles. The summed E-state index contributed by atoms with van der Waals surface area (Å²) in [5, 5.41) is 3.07. The number of hydrogen-bond acceptors (Lipinski definition) is 3. The number of thiocarbonyl (C=S) groups is 1. The van der Waals surface area contributed by atoms with Gasteiger partial charge in [-0.2, -0.15) is 0 Å². The van der Waals surface area contributed by atoms with Crippen molar-refractivity contribution in [1.82, 2.24) is 5.32 Å². The third-order valence-electron chi connectivity index (χ3n) is 4.18. The molecule has 1 saturated carbocycles. The Kier molecular flexibility index (Phi) is 3.72. The van der Waals surface area contributed by atoms with Crippen LogP contribution in [0.25, 0.3) is 0 Å². The Hall–Kier alpha value is -1.46. The first-order chi connectivity index (χ1) is 9.65. The van der Waals surface area contributed by atoms with E-state index in [0.29, 0.717) is 23.8 Å². The van der Waals surface area contributed by atoms with Crippen LogP contribution in [0.5, 0.6) is 0 Å². The van der Waals surface area contributed by atoms with Crippen molar-refractivity contribution in [2.24, 2.45) is 11.7 Å². The fraction of sp³-hybridized carbons (Fsp3) is 0.467. The fourth-order valence-corrected chi connectivity index (χ4v) is 3.32. The minimum atomic E-state index is -0.0483. The van der Waals surface area contributed by atoms with E-state index in [9.17, 15) is 4.79 Å². The molecule has 0 spiro atoms. The van der Waals surface area contributed by atoms with Crippen LogP contribution < -0.4 is 11.1 Å². The fourth-order valence-electron chi connectivity index (χ4n) is 3.04. The molecule has 1 aliphatic carbocycles. The third kappa shape index (κ3) is 2.55. The molecular formula is C15H18N2O2S. The van der Waals surface area contributed by atoms with E-state index in [1.165, 1.54) is 5.56 Å². The Bertz CT molecular complexity index is 559. The van der Waals surface area contributed by atoms with Gasteiger partial charge in [0.2, 0.25) is 0 Å². The summed E-state index contributed by atoms with van der Waals surface area (Å²) in [6.07, 6.45) is 2.98. The zero-order chi connectivity index (χ0) is 14.1. The second-order valence-electron chi connectivity index (χ2n) is 5.50. The maximum absolute atomic E-state index is 12.3. The van der Waals surface area contributed by atoms with Gasteiger partial charge in [0.15, 0.2) is 0 Å². The van der Waals surface area contributed by atoms with Crippen molar-refractivity contribution in [2.75, 3.05) is 0 Å². The van der Waals surface area contributed by atoms with E-state index in [2.05, 4.69) is 5.32 Å². The lowest BCUT2D eigenvalue weighted by atomic mass is 10.0. The van der Waals surface area contributed by atoms with Crippen molar-refractivity contribution in [3.05, 3.63) is 34.9 Å². The van der Waals surface area contributed by atoms with Crippen LogP contribution in [0.3, 0.4) is 0 Å². The highest BCUT2D eigenvalue weighted by Crippen LogP contribution is 2.26. The van der Waals surface area contributed by atoms with Crippen LogP contribution in [0.15, 0.2) is 18.2 Å². The SMILES string of the molecule is NC(=S)C1CCCC1NC(=O)c1ccc2c(c1)COC2. The van der Waals surface area contributed by atoms with Crippen LogP contribution in [0, 0.1) is 5.92 Å². The molecule has 2 unspecified atom stereocenters. The molecular weight excluding hydrogens is 272 g/mol. The summed E-state index contributed by atoms with van der Waals surface area (Å²) >= 11 is 5.08. The van der Waals surface area contributed by atoms with Crippen LogP contribution in [0.2, 0.25) is 0 Å². The number of ether oxygens (including phenoxy) is 1. The smallest absolute Gasteiger partial charge is 0.251 e. The lowest BCUT2D eigenvalue weighted by molar-refractivity contribution is 0.0933. The van der Waals surface area contributed by atoms with Gasteiger partial charge in [0.1, 0.15) is 0 Å². The second kappa shape index (κ2) is 5.50. The highest BCUT2D eigenvalue weighted by molar-refractivity contribution is 7.80. The standard InChI is InChI=1S/C15H18N2O2S/c16-14(20)12-2-1-3-13(12)17-15(18)9-4-5-10-7-19-8-11(10)6-9/h4-6,12-13H,1-3,7-8H2,(H2,16,20)(H,17,18). The van der Waals surface area contributed by atoms with Crippen LogP contribution in [-0.4, -0.2) is 16.9 Å². The summed E-state index contributed by atoms with van der Waals surface area (Å²) < 4.78 is 5.37. The number of nitrogens with one attached hydrogen (secondary N) is 1. The van der Waals surface area contributed by atoms with Crippen LogP contribution in [-0.2, 0) is 18.0 Å². The summed E-state index contributed by atoms with van der Waals surface area (Å²) in [6.45, 7) is 1.23. The number of carbonyl (C=O) groups excluding carboxylic acids is 1. The van der Waals surface area contributed by atoms with E-state index >= 15 is 0 Å². The van der Waals surface area contributed by atoms with Crippen molar-refractivity contribution in [3.8, 4) is 0 Å². The predicted octanol–water partition coefficient (Wildman–Crippen LogP) is 1.90. The molecule has 3 N–H and O–H groups in total. The summed E-state index contributed by atoms with van der Waals surface area (Å²) in [6, 6.07) is 5.82. The average Bonchev–Trinajstić information content (AvgIpc) is 3.05. The Morgan fingerprint density at radius 1 is 1.30 bits per heavy atom. The Morgan fingerprint density at radius 2 is 2.10 bits per heavy atom. The largest absolute Gasteiger partial charge is 0.393 e. The van der Waals surface area contributed by atoms with E-state index < -0.39 is 0 Å². The monoisotopic (exact) mass is 290 g/mol. The number of carbonyl (C=O) groups is 1. The molecule has 1 amide bonds. The average molecular weight is 290 g/mol. The Labute approximate surface area is 123 Å². The van der Waals surface area contributed by atoms with Crippen molar-refractivity contribution in [1.29, 1.82) is 0 Å². The molecule has 20 heavy (non-hydrogen) atoms. The quantitative estimate of drug-likeness (QED) is 0.835. The van der Waals surface area contributed by atoms with Gasteiger partial charge in [-0.25, -0.2) is 0 Å². The first kappa shape index (κ1) is 13.5. The summed E-state index contributed by atoms with van der Waals surface area (Å²) in [5.74, 6) is 0.0829. The molecule has 2 atom stereocenters. The van der Waals surface area contributed by atoms with Gasteiger partial charge >= 0.3 is 0 Å². The summed E-state index contributed by atoms with van der Waals surface area (Å²) in [4.78, 5) is 12.8. The number of hydrogen-bond donors (Lipinski definition) is 2. The minimum Gasteiger partial charge on any atom is -0.393 e. The van der Waals surface area contributed by atoms with E-state index in [1.807, 2.05) is 18.2 Å². The van der Waals surface area contributed by atoms with Gasteiger partial charge in [0, 0.05) is 17.5 Å². The van der Waals surface area contributed by atoms with E-state index in [1.54, 1.807) is 0 Å². The van der Waals surface area contributed by atoms with Gasteiger partial charge in [-0.15, -0.1) is 0 Å². The van der Waals surface area contributed by atoms with E-state index in [-0.39, 0.29) is 17.9 Å². The molecule has 1 fully saturated rings. The highest BCUT2D eigenvalue weighted by atomic mass is 32.1. The van der Waals surface area contributed by atoms with Crippen molar-refractivity contribution >= 4 is 23.1 Å². The lowest BCUT2D eigenvalue weighted by Crippen LogP contribution is -2.41. The molecule has 5 heteroatoms. The van der Waals surface area contributed by atoms with E-state index in [0.717, 1.165) is 24.8 Å². The summed E-state index contributed by atoms with van der Waals surface area (Å²) in [5.41, 5.74) is 8.70. The van der Waals surface area contributed by atoms with Gasteiger partial charge in [0.25, 0.3) is 5.91 Å². The van der Waals surface area contributed by atoms with Gasteiger partial charge in [-0.05, 0) is 36.1 Å². The zero-order valence-electron chi connectivity index (χ0n) is 11.2. The number of amides is 1. The molecule has 4 nitrogen and oxygen atoms in total. The lowest BCUT2D eigenvalue weighted by Gasteiger charge is -2.20. The number of benzene rings is 1. The number of nitrogens with two attached hydrogens (primary N) is 1. The normalized spacial score (nSPS) is 24.4. The predicted molar refractivity (Wildman–Crippen MR) is 80.3 cm³/mol. The minimum absolute atomic E-state index is 0.0483. The molecule has 1 aromatic carbocycles. The van der Waals surface area contributed by atoms with Crippen molar-refractivity contribution in [3.63, 3.8) is 0 Å². The van der Waals surface area contributed by atoms with E-state index in [4.69, 9.17) is 22.7 Å². The maximum atomic E-state index is 12.3. The van der Waals surface area contributed by atoms with Gasteiger partial charge < -0.3 is 15.8 Å². The van der Waals surface area contributed by atoms with Crippen molar-refractivity contribution in [2.45, 2.75) is 38.5 Å². The molecule has 1 aliphatic heterocycles. The Morgan fingerprint density at radius 3 is 2.90 bits per heavy atom. The molecule has 0 saturated heterocycles. The van der Waals surface area contributed by atoms with Crippen LogP contribution >= 0.6 is 12.2 Å². The molecule has 106 valence electrons. The van der Waals surface area contributed by atoms with Gasteiger partial charge in [0.05, 0.1) is 18.2 Å².